The molecule has 4 heteroatoms. The third-order valence-corrected chi connectivity index (χ3v) is 6.10. The second-order valence-corrected chi connectivity index (χ2v) is 8.03. The topological polar surface area (TPSA) is 53.9 Å². The molecule has 2 atom stereocenters. The Morgan fingerprint density at radius 1 is 1.20 bits per heavy atom. The molecule has 0 aromatic carbocycles. The molecule has 1 fully saturated rings. The van der Waals surface area contributed by atoms with Crippen LogP contribution < -0.4 is 5.32 Å². The van der Waals surface area contributed by atoms with Crippen molar-refractivity contribution in [1.82, 2.24) is 5.32 Å². The molecule has 0 bridgehead atoms. The van der Waals surface area contributed by atoms with Crippen LogP contribution in [0.25, 0.3) is 0 Å². The summed E-state index contributed by atoms with van der Waals surface area (Å²) in [7, 11) is 3.05. The van der Waals surface area contributed by atoms with E-state index in [1.165, 1.54) is 50.7 Å². The maximum Gasteiger partial charge on any atom is 0.157 e. The molecule has 1 saturated carbocycles. The van der Waals surface area contributed by atoms with Gasteiger partial charge in [0, 0.05) is 19.4 Å². The van der Waals surface area contributed by atoms with Crippen molar-refractivity contribution in [1.29, 1.82) is 0 Å². The van der Waals surface area contributed by atoms with Crippen LogP contribution in [0.1, 0.15) is 79.1 Å². The van der Waals surface area contributed by atoms with Crippen LogP contribution in [0.4, 0.5) is 0 Å². The van der Waals surface area contributed by atoms with Crippen LogP contribution in [0.15, 0.2) is 41.6 Å². The molecule has 2 aliphatic rings. The Labute approximate surface area is 186 Å². The van der Waals surface area contributed by atoms with E-state index in [1.807, 2.05) is 45.1 Å². The average molecular weight is 421 g/mol. The molecule has 0 radical (unpaired) electrons. The SMILES string of the molecule is C=C(/C=C\C=C/C)C1CC(C2CCCC(C(C)CCNC)CCC2)=NO1.CC.CO. The Kier molecular flexibility index (Phi) is 17.5. The average Bonchev–Trinajstić information content (AvgIpc) is 3.25. The summed E-state index contributed by atoms with van der Waals surface area (Å²) >= 11 is 0. The van der Waals surface area contributed by atoms with Gasteiger partial charge in [-0.15, -0.1) is 0 Å². The zero-order valence-corrected chi connectivity index (χ0v) is 20.5. The Balaban J connectivity index is 0.00000198. The van der Waals surface area contributed by atoms with Crippen LogP contribution in [0.3, 0.4) is 0 Å². The summed E-state index contributed by atoms with van der Waals surface area (Å²) < 4.78 is 0. The van der Waals surface area contributed by atoms with Gasteiger partial charge in [-0.3, -0.25) is 0 Å². The van der Waals surface area contributed by atoms with E-state index in [-0.39, 0.29) is 6.10 Å². The number of nitrogens with zero attached hydrogens (tertiary/aromatic N) is 1. The lowest BCUT2D eigenvalue weighted by Gasteiger charge is -2.28. The van der Waals surface area contributed by atoms with Crippen molar-refractivity contribution >= 4 is 5.71 Å². The summed E-state index contributed by atoms with van der Waals surface area (Å²) in [6.45, 7) is 13.7. The van der Waals surface area contributed by atoms with E-state index in [9.17, 15) is 0 Å². The number of aliphatic hydroxyl groups is 1. The number of nitrogens with one attached hydrogen (secondary N) is 1. The molecule has 0 saturated heterocycles. The Hall–Kier alpha value is -1.39. The maximum atomic E-state index is 7.00. The summed E-state index contributed by atoms with van der Waals surface area (Å²) in [5.41, 5.74) is 2.29. The quantitative estimate of drug-likeness (QED) is 0.454. The molecule has 4 nitrogen and oxygen atoms in total. The Bertz CT molecular complexity index is 515. The lowest BCUT2D eigenvalue weighted by molar-refractivity contribution is 0.114. The minimum atomic E-state index is 0.0336. The van der Waals surface area contributed by atoms with E-state index < -0.39 is 0 Å². The van der Waals surface area contributed by atoms with Gasteiger partial charge in [0.05, 0.1) is 5.71 Å². The van der Waals surface area contributed by atoms with Crippen LogP contribution in [-0.4, -0.2) is 37.6 Å². The third kappa shape index (κ3) is 10.6. The Morgan fingerprint density at radius 2 is 1.83 bits per heavy atom. The van der Waals surface area contributed by atoms with E-state index in [4.69, 9.17) is 9.94 Å². The summed E-state index contributed by atoms with van der Waals surface area (Å²) in [5, 5.41) is 14.7. The third-order valence-electron chi connectivity index (χ3n) is 6.10. The molecular weight excluding hydrogens is 372 g/mol. The van der Waals surface area contributed by atoms with Gasteiger partial charge >= 0.3 is 0 Å². The normalized spacial score (nSPS) is 25.2. The number of hydrogen-bond acceptors (Lipinski definition) is 4. The summed E-state index contributed by atoms with van der Waals surface area (Å²) in [4.78, 5) is 5.69. The number of rotatable bonds is 8. The van der Waals surface area contributed by atoms with E-state index >= 15 is 0 Å². The zero-order valence-electron chi connectivity index (χ0n) is 20.5. The van der Waals surface area contributed by atoms with Gasteiger partial charge in [-0.1, -0.05) is 82.5 Å². The first kappa shape index (κ1) is 28.6. The monoisotopic (exact) mass is 420 g/mol. The molecule has 1 aliphatic heterocycles. The molecule has 2 unspecified atom stereocenters. The summed E-state index contributed by atoms with van der Waals surface area (Å²) in [6, 6.07) is 0. The molecule has 2 rings (SSSR count). The zero-order chi connectivity index (χ0) is 22.8. The van der Waals surface area contributed by atoms with Crippen LogP contribution >= 0.6 is 0 Å². The second-order valence-electron chi connectivity index (χ2n) is 8.03. The largest absolute Gasteiger partial charge is 0.400 e. The van der Waals surface area contributed by atoms with Gasteiger partial charge in [-0.2, -0.15) is 0 Å². The number of oxime groups is 1. The lowest BCUT2D eigenvalue weighted by Crippen LogP contribution is -2.22. The van der Waals surface area contributed by atoms with E-state index in [0.717, 1.165) is 37.5 Å². The molecular formula is C26H48N2O2. The first-order valence-electron chi connectivity index (χ1n) is 12.0. The number of hydrogen-bond donors (Lipinski definition) is 2. The smallest absolute Gasteiger partial charge is 0.157 e. The highest BCUT2D eigenvalue weighted by molar-refractivity contribution is 5.88. The van der Waals surface area contributed by atoms with Crippen molar-refractivity contribution in [2.45, 2.75) is 85.2 Å². The standard InChI is InChI=1S/C23H38N2O.C2H6.CH4O/c1-5-6-7-10-19(3)23-17-22(25-26-23)21-13-8-11-20(12-9-14-21)18(2)15-16-24-4;2*1-2/h5-7,10,18,20-21,23-24H,3,8-9,11-17H2,1-2,4H3;1-2H3;2H,1H3/b6-5-,10-7-;;. The van der Waals surface area contributed by atoms with Crippen molar-refractivity contribution in [2.24, 2.45) is 22.9 Å². The molecule has 30 heavy (non-hydrogen) atoms. The summed E-state index contributed by atoms with van der Waals surface area (Å²) in [6.07, 6.45) is 18.3. The highest BCUT2D eigenvalue weighted by Gasteiger charge is 2.29. The fourth-order valence-corrected chi connectivity index (χ4v) is 4.28. The molecule has 1 heterocycles. The predicted octanol–water partition coefficient (Wildman–Crippen LogP) is 6.29. The minimum absolute atomic E-state index is 0.0336. The number of allylic oxidation sites excluding steroid dienone is 3. The van der Waals surface area contributed by atoms with Gasteiger partial charge in [0.2, 0.25) is 0 Å². The fourth-order valence-electron chi connectivity index (χ4n) is 4.28. The molecule has 174 valence electrons. The first-order chi connectivity index (χ1) is 14.7. The minimum Gasteiger partial charge on any atom is -0.400 e. The summed E-state index contributed by atoms with van der Waals surface area (Å²) in [5.74, 6) is 2.35. The van der Waals surface area contributed by atoms with Gasteiger partial charge in [-0.25, -0.2) is 0 Å². The van der Waals surface area contributed by atoms with Crippen molar-refractivity contribution in [3.8, 4) is 0 Å². The van der Waals surface area contributed by atoms with Crippen LogP contribution in [0.5, 0.6) is 0 Å². The fraction of sp³-hybridized carbons (Fsp3) is 0.731. The first-order valence-corrected chi connectivity index (χ1v) is 12.0. The molecule has 1 aliphatic carbocycles. The van der Waals surface area contributed by atoms with E-state index in [2.05, 4.69) is 31.0 Å². The van der Waals surface area contributed by atoms with Gasteiger partial charge in [0.1, 0.15) is 0 Å². The van der Waals surface area contributed by atoms with Crippen molar-refractivity contribution in [2.75, 3.05) is 20.7 Å². The van der Waals surface area contributed by atoms with Crippen LogP contribution in [-0.2, 0) is 4.84 Å². The molecule has 2 N–H and O–H groups in total. The highest BCUT2D eigenvalue weighted by atomic mass is 16.6. The molecule has 0 amide bonds. The van der Waals surface area contributed by atoms with Crippen LogP contribution in [0, 0.1) is 17.8 Å². The van der Waals surface area contributed by atoms with Gasteiger partial charge in [0.25, 0.3) is 0 Å². The lowest BCUT2D eigenvalue weighted by atomic mass is 9.77. The van der Waals surface area contributed by atoms with Crippen molar-refractivity contribution in [3.63, 3.8) is 0 Å². The van der Waals surface area contributed by atoms with Gasteiger partial charge in [0.15, 0.2) is 6.10 Å². The molecule has 0 aromatic rings. The van der Waals surface area contributed by atoms with E-state index in [1.54, 1.807) is 0 Å². The van der Waals surface area contributed by atoms with Gasteiger partial charge in [-0.05, 0) is 57.2 Å². The predicted molar refractivity (Wildman–Crippen MR) is 132 cm³/mol. The van der Waals surface area contributed by atoms with Crippen molar-refractivity contribution < 1.29 is 9.94 Å². The molecule has 0 aromatic heterocycles. The maximum absolute atomic E-state index is 7.00. The highest BCUT2D eigenvalue weighted by Crippen LogP contribution is 2.34. The molecule has 0 spiro atoms. The Morgan fingerprint density at radius 3 is 2.40 bits per heavy atom. The number of aliphatic hydroxyl groups excluding tert-OH is 1. The van der Waals surface area contributed by atoms with Crippen molar-refractivity contribution in [3.05, 3.63) is 36.5 Å². The van der Waals surface area contributed by atoms with Crippen LogP contribution in [0.2, 0.25) is 0 Å². The van der Waals surface area contributed by atoms with Gasteiger partial charge < -0.3 is 15.3 Å². The second kappa shape index (κ2) is 18.4. The van der Waals surface area contributed by atoms with E-state index in [0.29, 0.717) is 5.92 Å².